The number of carbonyl (C=O) groups excluding carboxylic acids is 2. The number of unbranched alkanes of at least 4 members (excludes halogenated alkanes) is 1. The van der Waals surface area contributed by atoms with E-state index in [2.05, 4.69) is 30.7 Å². The van der Waals surface area contributed by atoms with Gasteiger partial charge in [-0.15, -0.1) is 0 Å². The van der Waals surface area contributed by atoms with E-state index < -0.39 is 0 Å². The monoisotopic (exact) mass is 554 g/mol. The molecule has 0 aliphatic carbocycles. The number of benzene rings is 3. The van der Waals surface area contributed by atoms with Crippen LogP contribution >= 0.6 is 11.6 Å². The van der Waals surface area contributed by atoms with E-state index in [-0.39, 0.29) is 24.5 Å². The zero-order valence-electron chi connectivity index (χ0n) is 23.2. The fourth-order valence-electron chi connectivity index (χ4n) is 5.22. The highest BCUT2D eigenvalue weighted by atomic mass is 35.5. The second-order valence-corrected chi connectivity index (χ2v) is 10.9. The third kappa shape index (κ3) is 5.63. The number of nitrogens with zero attached hydrogens (tertiary/aromatic N) is 3. The first kappa shape index (κ1) is 27.5. The fourth-order valence-corrected chi connectivity index (χ4v) is 5.34. The molecule has 206 valence electrons. The molecule has 7 heteroatoms. The topological polar surface area (TPSA) is 57.6 Å². The second kappa shape index (κ2) is 12.0. The van der Waals surface area contributed by atoms with Crippen molar-refractivity contribution in [1.29, 1.82) is 0 Å². The maximum Gasteiger partial charge on any atom is 0.322 e. The smallest absolute Gasteiger partial charge is 0.316 e. The average Bonchev–Trinajstić information content (AvgIpc) is 3.45. The van der Waals surface area contributed by atoms with Gasteiger partial charge in [-0.05, 0) is 72.0 Å². The Morgan fingerprint density at radius 2 is 1.62 bits per heavy atom. The normalized spacial score (nSPS) is 14.0. The van der Waals surface area contributed by atoms with Crippen LogP contribution in [0.4, 0.5) is 16.2 Å². The van der Waals surface area contributed by atoms with Crippen molar-refractivity contribution in [3.05, 3.63) is 113 Å². The van der Waals surface area contributed by atoms with Gasteiger partial charge in [0.15, 0.2) is 0 Å². The summed E-state index contributed by atoms with van der Waals surface area (Å²) in [6, 6.07) is 26.8. The van der Waals surface area contributed by atoms with Crippen molar-refractivity contribution in [1.82, 2.24) is 9.47 Å². The summed E-state index contributed by atoms with van der Waals surface area (Å²) in [5.41, 5.74) is 5.57. The number of halogens is 1. The van der Waals surface area contributed by atoms with E-state index >= 15 is 0 Å². The Hall–Kier alpha value is -4.03. The first-order valence-corrected chi connectivity index (χ1v) is 14.2. The van der Waals surface area contributed by atoms with Crippen molar-refractivity contribution in [3.63, 3.8) is 0 Å². The van der Waals surface area contributed by atoms with E-state index in [1.165, 1.54) is 5.56 Å². The van der Waals surface area contributed by atoms with Gasteiger partial charge in [-0.1, -0.05) is 75.2 Å². The van der Waals surface area contributed by atoms with Crippen LogP contribution in [-0.4, -0.2) is 34.5 Å². The Morgan fingerprint density at radius 1 is 0.925 bits per heavy atom. The van der Waals surface area contributed by atoms with E-state index in [1.54, 1.807) is 4.90 Å². The Bertz CT molecular complexity index is 1480. The molecule has 1 aliphatic heterocycles. The molecule has 0 fully saturated rings. The van der Waals surface area contributed by atoms with Gasteiger partial charge in [-0.3, -0.25) is 9.69 Å². The molecule has 6 nitrogen and oxygen atoms in total. The number of para-hydroxylation sites is 2. The van der Waals surface area contributed by atoms with Crippen molar-refractivity contribution in [3.8, 4) is 5.69 Å². The summed E-state index contributed by atoms with van der Waals surface area (Å²) in [4.78, 5) is 31.2. The van der Waals surface area contributed by atoms with Crippen LogP contribution in [0.5, 0.6) is 0 Å². The maximum absolute atomic E-state index is 14.3. The van der Waals surface area contributed by atoms with Gasteiger partial charge in [0.1, 0.15) is 12.6 Å². The number of hydrogen-bond acceptors (Lipinski definition) is 2. The van der Waals surface area contributed by atoms with Crippen LogP contribution in [0.3, 0.4) is 0 Å². The van der Waals surface area contributed by atoms with Crippen molar-refractivity contribution in [2.45, 2.75) is 45.6 Å². The van der Waals surface area contributed by atoms with Gasteiger partial charge in [-0.2, -0.15) is 0 Å². The summed E-state index contributed by atoms with van der Waals surface area (Å²) in [5, 5.41) is 3.64. The molecule has 0 spiro atoms. The van der Waals surface area contributed by atoms with Crippen molar-refractivity contribution in [2.75, 3.05) is 23.3 Å². The molecule has 0 saturated carbocycles. The van der Waals surface area contributed by atoms with Gasteiger partial charge >= 0.3 is 6.03 Å². The van der Waals surface area contributed by atoms with Crippen LogP contribution in [0.1, 0.15) is 62.4 Å². The summed E-state index contributed by atoms with van der Waals surface area (Å²) in [7, 11) is 0. The second-order valence-electron chi connectivity index (χ2n) is 10.5. The molecule has 3 aromatic carbocycles. The van der Waals surface area contributed by atoms with Crippen molar-refractivity contribution < 1.29 is 9.59 Å². The number of nitrogens with one attached hydrogen (secondary N) is 1. The zero-order valence-corrected chi connectivity index (χ0v) is 23.9. The standard InChI is InChI=1S/C33H35ClN4O2/c1-4-5-20-36(33(40)35-27-18-14-24(15-19-27)23(2)3)22-31(39)38-29-10-7-6-9-28(29)37-21-8-11-30(37)32(38)25-12-16-26(34)17-13-25/h6-19,21,23,32H,4-5,20,22H2,1-3H3,(H,35,40). The van der Waals surface area contributed by atoms with Crippen molar-refractivity contribution >= 4 is 34.9 Å². The van der Waals surface area contributed by atoms with E-state index in [0.29, 0.717) is 23.2 Å². The number of hydrogen-bond donors (Lipinski definition) is 1. The van der Waals surface area contributed by atoms with Gasteiger partial charge in [0, 0.05) is 23.5 Å². The average molecular weight is 555 g/mol. The number of carbonyl (C=O) groups is 2. The predicted octanol–water partition coefficient (Wildman–Crippen LogP) is 8.02. The van der Waals surface area contributed by atoms with E-state index in [4.69, 9.17) is 11.6 Å². The first-order valence-electron chi connectivity index (χ1n) is 13.9. The molecule has 1 atom stereocenters. The predicted molar refractivity (Wildman–Crippen MR) is 163 cm³/mol. The Morgan fingerprint density at radius 3 is 2.30 bits per heavy atom. The summed E-state index contributed by atoms with van der Waals surface area (Å²) in [6.07, 6.45) is 3.73. The Labute approximate surface area is 241 Å². The lowest BCUT2D eigenvalue weighted by Crippen LogP contribution is -2.48. The SMILES string of the molecule is CCCCN(CC(=O)N1c2ccccc2-n2cccc2C1c1ccc(Cl)cc1)C(=O)Nc1ccc(C(C)C)cc1. The van der Waals surface area contributed by atoms with Gasteiger partial charge in [0.05, 0.1) is 17.1 Å². The molecule has 1 aliphatic rings. The van der Waals surface area contributed by atoms with Crippen LogP contribution in [0.25, 0.3) is 5.69 Å². The molecular weight excluding hydrogens is 520 g/mol. The third-order valence-electron chi connectivity index (χ3n) is 7.40. The molecule has 0 bridgehead atoms. The minimum Gasteiger partial charge on any atom is -0.316 e. The number of fused-ring (bicyclic) bond motifs is 3. The molecule has 0 saturated heterocycles. The Kier molecular flexibility index (Phi) is 8.27. The highest BCUT2D eigenvalue weighted by Crippen LogP contribution is 2.42. The van der Waals surface area contributed by atoms with Gasteiger partial charge in [-0.25, -0.2) is 4.79 Å². The Balaban J connectivity index is 1.46. The van der Waals surface area contributed by atoms with E-state index in [1.807, 2.05) is 96.0 Å². The number of aromatic nitrogens is 1. The van der Waals surface area contributed by atoms with E-state index in [9.17, 15) is 9.59 Å². The molecule has 2 heterocycles. The first-order chi connectivity index (χ1) is 19.4. The lowest BCUT2D eigenvalue weighted by atomic mass is 9.97. The molecule has 4 aromatic rings. The van der Waals surface area contributed by atoms with Crippen LogP contribution in [-0.2, 0) is 4.79 Å². The molecule has 5 rings (SSSR count). The van der Waals surface area contributed by atoms with Crippen LogP contribution < -0.4 is 10.2 Å². The van der Waals surface area contributed by atoms with Gasteiger partial charge in [0.25, 0.3) is 0 Å². The number of urea groups is 1. The summed E-state index contributed by atoms with van der Waals surface area (Å²) >= 11 is 6.22. The lowest BCUT2D eigenvalue weighted by Gasteiger charge is -2.39. The fraction of sp³-hybridized carbons (Fsp3) is 0.273. The quantitative estimate of drug-likeness (QED) is 0.240. The molecule has 0 radical (unpaired) electrons. The zero-order chi connectivity index (χ0) is 28.2. The maximum atomic E-state index is 14.3. The number of anilines is 2. The molecule has 3 amide bonds. The highest BCUT2D eigenvalue weighted by Gasteiger charge is 2.37. The van der Waals surface area contributed by atoms with Crippen LogP contribution in [0, 0.1) is 0 Å². The van der Waals surface area contributed by atoms with Gasteiger partial charge in [0.2, 0.25) is 5.91 Å². The minimum absolute atomic E-state index is 0.0466. The molecular formula is C33H35ClN4O2. The van der Waals surface area contributed by atoms with Crippen molar-refractivity contribution in [2.24, 2.45) is 0 Å². The lowest BCUT2D eigenvalue weighted by molar-refractivity contribution is -0.119. The summed E-state index contributed by atoms with van der Waals surface area (Å²) < 4.78 is 2.13. The van der Waals surface area contributed by atoms with Crippen LogP contribution in [0.15, 0.2) is 91.1 Å². The largest absolute Gasteiger partial charge is 0.322 e. The third-order valence-corrected chi connectivity index (χ3v) is 7.65. The minimum atomic E-state index is -0.366. The molecule has 1 N–H and O–H groups in total. The summed E-state index contributed by atoms with van der Waals surface area (Å²) in [5.74, 6) is 0.256. The highest BCUT2D eigenvalue weighted by molar-refractivity contribution is 6.30. The number of rotatable bonds is 8. The van der Waals surface area contributed by atoms with Crippen LogP contribution in [0.2, 0.25) is 5.02 Å². The van der Waals surface area contributed by atoms with E-state index in [0.717, 1.165) is 35.5 Å². The molecule has 40 heavy (non-hydrogen) atoms. The molecule has 1 aromatic heterocycles. The number of amides is 3. The molecule has 1 unspecified atom stereocenters. The van der Waals surface area contributed by atoms with Gasteiger partial charge < -0.3 is 14.8 Å². The summed E-state index contributed by atoms with van der Waals surface area (Å²) in [6.45, 7) is 6.79.